The number of aliphatic hydroxyl groups is 3. The molecule has 48 heavy (non-hydrogen) atoms. The molecule has 3 saturated heterocycles. The van der Waals surface area contributed by atoms with Crippen LogP contribution in [0.5, 0.6) is 28.7 Å². The summed E-state index contributed by atoms with van der Waals surface area (Å²) in [5, 5.41) is 40.8. The van der Waals surface area contributed by atoms with E-state index in [0.717, 1.165) is 0 Å². The SMILES string of the molecule is CC1OC[C@H]2O[C@@](O)(F)[C@H](O)[C@@H](O)[C@H]2O1.COc1cc([C@@H]2c3cc4c(cc3[C@@H](NC(=O)CF)[C@H]3COC(=O)[C@H]23)OCO4)cc(OC)c1O. The fourth-order valence-electron chi connectivity index (χ4n) is 6.80. The average molecular weight is 684 g/mol. The highest BCUT2D eigenvalue weighted by atomic mass is 19.2. The standard InChI is InChI=1S/C23H22FNO8.C8H13FO6/c1-29-16-3-10(4-17(30-2)22(16)27)19-11-5-14-15(33-9-32-14)6-12(11)21(25-18(26)7-24)13-8-31-23(28)20(13)19;1-3-13-2-4-6(14-3)5(10)7(11)8(9,12)15-4/h3-6,13,19-21,27H,7-9H2,1-2H3,(H,25,26);3-7,10-12H,2H2,1H3/t13-,19+,20-,21+;3?,4-,5+,6+,7-,8-/m01/s1. The van der Waals surface area contributed by atoms with Crippen LogP contribution in [0.25, 0.3) is 0 Å². The summed E-state index contributed by atoms with van der Waals surface area (Å²) in [5.41, 5.74) is 2.01. The molecule has 262 valence electrons. The van der Waals surface area contributed by atoms with E-state index >= 15 is 0 Å². The van der Waals surface area contributed by atoms with Gasteiger partial charge >= 0.3 is 12.0 Å². The van der Waals surface area contributed by atoms with Crippen molar-refractivity contribution in [1.29, 1.82) is 0 Å². The number of hydrogen-bond donors (Lipinski definition) is 5. The molecule has 0 radical (unpaired) electrons. The van der Waals surface area contributed by atoms with Gasteiger partial charge in [-0.15, -0.1) is 0 Å². The molecule has 1 aliphatic carbocycles. The number of nitrogens with one attached hydrogen (secondary N) is 1. The van der Waals surface area contributed by atoms with Crippen LogP contribution in [-0.4, -0.2) is 110 Å². The van der Waals surface area contributed by atoms with Gasteiger partial charge in [-0.25, -0.2) is 4.39 Å². The Labute approximate surface area is 272 Å². The molecule has 3 fully saturated rings. The number of hydrogen-bond acceptors (Lipinski definition) is 14. The normalized spacial score (nSPS) is 34.4. The minimum atomic E-state index is -3.27. The average Bonchev–Trinajstić information content (AvgIpc) is 3.70. The van der Waals surface area contributed by atoms with Gasteiger partial charge in [0, 0.05) is 11.8 Å². The van der Waals surface area contributed by atoms with Crippen molar-refractivity contribution in [3.8, 4) is 28.7 Å². The number of carbonyl (C=O) groups excluding carboxylic acids is 2. The van der Waals surface area contributed by atoms with E-state index in [1.807, 2.05) is 0 Å². The topological polar surface area (TPSA) is 201 Å². The van der Waals surface area contributed by atoms with Crippen LogP contribution in [0, 0.1) is 11.8 Å². The number of cyclic esters (lactones) is 1. The molecule has 1 unspecified atom stereocenters. The van der Waals surface area contributed by atoms with E-state index in [4.69, 9.17) is 38.3 Å². The second-order valence-electron chi connectivity index (χ2n) is 11.8. The van der Waals surface area contributed by atoms with Crippen molar-refractivity contribution in [3.63, 3.8) is 0 Å². The molecule has 0 saturated carbocycles. The Morgan fingerprint density at radius 3 is 2.31 bits per heavy atom. The van der Waals surface area contributed by atoms with Crippen molar-refractivity contribution in [2.45, 2.75) is 55.6 Å². The third-order valence-electron chi connectivity index (χ3n) is 9.04. The summed E-state index contributed by atoms with van der Waals surface area (Å²) in [5.74, 6) is -1.68. The van der Waals surface area contributed by atoms with E-state index < -0.39 is 79.1 Å². The lowest BCUT2D eigenvalue weighted by Gasteiger charge is -2.46. The van der Waals surface area contributed by atoms with Crippen molar-refractivity contribution < 1.29 is 76.7 Å². The van der Waals surface area contributed by atoms with Gasteiger partial charge in [-0.05, 0) is 47.9 Å². The molecular weight excluding hydrogens is 648 g/mol. The number of alkyl halides is 2. The predicted molar refractivity (Wildman–Crippen MR) is 154 cm³/mol. The van der Waals surface area contributed by atoms with Gasteiger partial charge in [0.2, 0.25) is 12.5 Å². The molecule has 17 heteroatoms. The molecule has 2 aromatic carbocycles. The summed E-state index contributed by atoms with van der Waals surface area (Å²) in [7, 11) is 2.83. The molecule has 2 aromatic rings. The third kappa shape index (κ3) is 5.94. The molecule has 5 aliphatic rings. The number of fused-ring (bicyclic) bond motifs is 4. The number of aliphatic hydroxyl groups excluding tert-OH is 2. The molecule has 1 amide bonds. The first-order chi connectivity index (χ1) is 22.9. The molecule has 15 nitrogen and oxygen atoms in total. The van der Waals surface area contributed by atoms with Crippen molar-refractivity contribution in [3.05, 3.63) is 41.0 Å². The summed E-state index contributed by atoms with van der Waals surface area (Å²) in [6, 6.07) is 2.87. The van der Waals surface area contributed by atoms with Gasteiger partial charge in [-0.1, -0.05) is 0 Å². The zero-order chi connectivity index (χ0) is 34.5. The van der Waals surface area contributed by atoms with E-state index in [-0.39, 0.29) is 37.3 Å². The highest BCUT2D eigenvalue weighted by Crippen LogP contribution is 2.55. The lowest BCUT2D eigenvalue weighted by Crippen LogP contribution is -2.66. The largest absolute Gasteiger partial charge is 0.502 e. The molecule has 4 aliphatic heterocycles. The van der Waals surface area contributed by atoms with Gasteiger partial charge in [0.1, 0.15) is 18.3 Å². The second-order valence-corrected chi connectivity index (χ2v) is 11.8. The molecule has 5 N–H and O–H groups in total. The van der Waals surface area contributed by atoms with Crippen LogP contribution in [-0.2, 0) is 28.5 Å². The quantitative estimate of drug-likeness (QED) is 0.276. The van der Waals surface area contributed by atoms with E-state index in [1.165, 1.54) is 14.2 Å². The molecule has 0 spiro atoms. The van der Waals surface area contributed by atoms with E-state index in [2.05, 4.69) is 10.1 Å². The fraction of sp³-hybridized carbons (Fsp3) is 0.548. The molecule has 7 rings (SSSR count). The van der Waals surface area contributed by atoms with E-state index in [9.17, 15) is 33.7 Å². The molecule has 0 bridgehead atoms. The summed E-state index contributed by atoms with van der Waals surface area (Å²) >= 11 is 0. The van der Waals surface area contributed by atoms with Gasteiger partial charge in [-0.2, -0.15) is 4.39 Å². The van der Waals surface area contributed by atoms with Crippen LogP contribution >= 0.6 is 0 Å². The number of amides is 1. The Morgan fingerprint density at radius 1 is 1.04 bits per heavy atom. The Balaban J connectivity index is 0.000000223. The number of phenols is 1. The van der Waals surface area contributed by atoms with Crippen LogP contribution in [0.2, 0.25) is 0 Å². The lowest BCUT2D eigenvalue weighted by molar-refractivity contribution is -0.429. The van der Waals surface area contributed by atoms with Crippen molar-refractivity contribution in [1.82, 2.24) is 5.32 Å². The summed E-state index contributed by atoms with van der Waals surface area (Å²) in [4.78, 5) is 25.0. The number of esters is 1. The maximum Gasteiger partial charge on any atom is 0.347 e. The van der Waals surface area contributed by atoms with Gasteiger partial charge in [0.15, 0.2) is 42.1 Å². The van der Waals surface area contributed by atoms with Gasteiger partial charge < -0.3 is 63.6 Å². The van der Waals surface area contributed by atoms with Crippen LogP contribution in [0.1, 0.15) is 35.6 Å². The number of halogens is 2. The number of rotatable bonds is 5. The smallest absolute Gasteiger partial charge is 0.347 e. The summed E-state index contributed by atoms with van der Waals surface area (Å²) in [6.07, 6.45) is -6.01. The minimum Gasteiger partial charge on any atom is -0.502 e. The van der Waals surface area contributed by atoms with Gasteiger partial charge in [0.05, 0.1) is 39.4 Å². The molecular formula is C31H35F2NO14. The second kappa shape index (κ2) is 13.1. The predicted octanol–water partition coefficient (Wildman–Crippen LogP) is 0.684. The first kappa shape index (κ1) is 33.9. The number of aromatic hydroxyl groups is 1. The molecule has 4 heterocycles. The summed E-state index contributed by atoms with van der Waals surface area (Å²) in [6.45, 7) is 0.517. The number of ether oxygens (including phenoxy) is 8. The monoisotopic (exact) mass is 683 g/mol. The number of benzene rings is 2. The molecule has 10 atom stereocenters. The lowest BCUT2D eigenvalue weighted by atomic mass is 9.65. The summed E-state index contributed by atoms with van der Waals surface area (Å²) < 4.78 is 68.1. The minimum absolute atomic E-state index is 0.0121. The van der Waals surface area contributed by atoms with Crippen LogP contribution in [0.4, 0.5) is 8.78 Å². The Hall–Kier alpha value is -4.00. The van der Waals surface area contributed by atoms with Crippen molar-refractivity contribution in [2.24, 2.45) is 11.8 Å². The van der Waals surface area contributed by atoms with Crippen LogP contribution in [0.15, 0.2) is 24.3 Å². The highest BCUT2D eigenvalue weighted by molar-refractivity contribution is 5.81. The fourth-order valence-corrected chi connectivity index (χ4v) is 6.80. The number of carbonyl (C=O) groups is 2. The van der Waals surface area contributed by atoms with E-state index in [0.29, 0.717) is 28.2 Å². The molecule has 0 aromatic heterocycles. The highest BCUT2D eigenvalue weighted by Gasteiger charge is 2.56. The van der Waals surface area contributed by atoms with Crippen LogP contribution < -0.4 is 24.3 Å². The van der Waals surface area contributed by atoms with E-state index in [1.54, 1.807) is 31.2 Å². The third-order valence-corrected chi connectivity index (χ3v) is 9.04. The maximum absolute atomic E-state index is 13.2. The van der Waals surface area contributed by atoms with Crippen molar-refractivity contribution in [2.75, 3.05) is 40.9 Å². The maximum atomic E-state index is 13.2. The number of phenolic OH excluding ortho intramolecular Hbond substituents is 1. The zero-order valence-electron chi connectivity index (χ0n) is 26.0. The van der Waals surface area contributed by atoms with Crippen molar-refractivity contribution >= 4 is 11.9 Å². The van der Waals surface area contributed by atoms with Gasteiger partial charge in [-0.3, -0.25) is 9.59 Å². The Morgan fingerprint density at radius 2 is 1.69 bits per heavy atom. The Bertz CT molecular complexity index is 1530. The van der Waals surface area contributed by atoms with Gasteiger partial charge in [0.25, 0.3) is 5.91 Å². The Kier molecular flexibility index (Phi) is 9.27. The van der Waals surface area contributed by atoms with Crippen LogP contribution in [0.3, 0.4) is 0 Å². The first-order valence-corrected chi connectivity index (χ1v) is 15.0. The number of methoxy groups -OCH3 is 2. The first-order valence-electron chi connectivity index (χ1n) is 15.0. The zero-order valence-corrected chi connectivity index (χ0v) is 26.0.